The predicted octanol–water partition coefficient (Wildman–Crippen LogP) is 1.33. The fourth-order valence-corrected chi connectivity index (χ4v) is 1.91. The van der Waals surface area contributed by atoms with Crippen molar-refractivity contribution in [1.29, 1.82) is 0 Å². The summed E-state index contributed by atoms with van der Waals surface area (Å²) in [5, 5.41) is 11.3. The van der Waals surface area contributed by atoms with Gasteiger partial charge in [0, 0.05) is 18.4 Å². The lowest BCUT2D eigenvalue weighted by atomic mass is 10.3. The zero-order valence-electron chi connectivity index (χ0n) is 8.59. The molecular formula is C10H13N5. The molecule has 5 heteroatoms. The van der Waals surface area contributed by atoms with Crippen molar-refractivity contribution in [3.8, 4) is 0 Å². The number of fused-ring (bicyclic) bond motifs is 1. The van der Waals surface area contributed by atoms with Gasteiger partial charge in [-0.05, 0) is 12.3 Å². The molecule has 1 aliphatic carbocycles. The minimum absolute atomic E-state index is 0.574. The highest BCUT2D eigenvalue weighted by molar-refractivity contribution is 5.62. The van der Waals surface area contributed by atoms with Crippen molar-refractivity contribution in [2.75, 3.05) is 5.32 Å². The van der Waals surface area contributed by atoms with Gasteiger partial charge in [0.1, 0.15) is 6.33 Å². The van der Waals surface area contributed by atoms with Crippen LogP contribution in [0.5, 0.6) is 0 Å². The van der Waals surface area contributed by atoms with Gasteiger partial charge in [0.15, 0.2) is 5.82 Å². The van der Waals surface area contributed by atoms with Crippen LogP contribution in [0.4, 0.5) is 5.82 Å². The summed E-state index contributed by atoms with van der Waals surface area (Å²) in [5.74, 6) is 1.64. The number of nitrogens with one attached hydrogen (secondary N) is 1. The van der Waals surface area contributed by atoms with Crippen LogP contribution < -0.4 is 5.32 Å². The standard InChI is InChI=1S/C10H13N5/c1-2-7-5-8(7)13-9-10-14-12-6-15(10)4-3-11-9/h3-4,6-8H,2,5H2,1H3,(H,11,13). The monoisotopic (exact) mass is 203 g/mol. The number of nitrogens with zero attached hydrogens (tertiary/aromatic N) is 4. The van der Waals surface area contributed by atoms with E-state index >= 15 is 0 Å². The Labute approximate surface area is 87.5 Å². The number of aromatic nitrogens is 4. The van der Waals surface area contributed by atoms with E-state index in [2.05, 4.69) is 27.4 Å². The molecule has 1 N–H and O–H groups in total. The molecule has 2 aromatic rings. The molecule has 0 amide bonds. The SMILES string of the molecule is CCC1CC1Nc1nccn2cnnc12. The zero-order valence-corrected chi connectivity index (χ0v) is 8.59. The maximum Gasteiger partial charge on any atom is 0.203 e. The molecule has 15 heavy (non-hydrogen) atoms. The second-order valence-electron chi connectivity index (χ2n) is 3.99. The van der Waals surface area contributed by atoms with Gasteiger partial charge >= 0.3 is 0 Å². The summed E-state index contributed by atoms with van der Waals surface area (Å²) < 4.78 is 1.87. The maximum atomic E-state index is 4.29. The van der Waals surface area contributed by atoms with E-state index in [1.54, 1.807) is 12.5 Å². The zero-order chi connectivity index (χ0) is 10.3. The topological polar surface area (TPSA) is 55.1 Å². The maximum absolute atomic E-state index is 4.29. The largest absolute Gasteiger partial charge is 0.364 e. The van der Waals surface area contributed by atoms with Crippen LogP contribution in [0.2, 0.25) is 0 Å². The number of anilines is 1. The molecule has 2 unspecified atom stereocenters. The third kappa shape index (κ3) is 1.44. The lowest BCUT2D eigenvalue weighted by Crippen LogP contribution is -2.07. The molecule has 0 radical (unpaired) electrons. The first-order chi connectivity index (χ1) is 7.38. The third-order valence-electron chi connectivity index (χ3n) is 2.98. The lowest BCUT2D eigenvalue weighted by Gasteiger charge is -2.04. The Morgan fingerprint density at radius 2 is 2.53 bits per heavy atom. The first kappa shape index (κ1) is 8.64. The van der Waals surface area contributed by atoms with Crippen molar-refractivity contribution in [3.63, 3.8) is 0 Å². The van der Waals surface area contributed by atoms with E-state index in [4.69, 9.17) is 0 Å². The number of hydrogen-bond acceptors (Lipinski definition) is 4. The normalized spacial score (nSPS) is 24.3. The summed E-state index contributed by atoms with van der Waals surface area (Å²) in [6.07, 6.45) is 7.78. The molecule has 78 valence electrons. The van der Waals surface area contributed by atoms with Gasteiger partial charge in [-0.25, -0.2) is 4.98 Å². The second-order valence-corrected chi connectivity index (χ2v) is 3.99. The molecule has 1 saturated carbocycles. The lowest BCUT2D eigenvalue weighted by molar-refractivity contribution is 0.773. The van der Waals surface area contributed by atoms with Gasteiger partial charge in [-0.2, -0.15) is 0 Å². The second kappa shape index (κ2) is 3.18. The van der Waals surface area contributed by atoms with E-state index in [1.807, 2.05) is 10.6 Å². The first-order valence-corrected chi connectivity index (χ1v) is 5.29. The Morgan fingerprint density at radius 1 is 1.60 bits per heavy atom. The molecule has 2 aromatic heterocycles. The molecule has 5 nitrogen and oxygen atoms in total. The van der Waals surface area contributed by atoms with Gasteiger partial charge in [-0.1, -0.05) is 13.3 Å². The van der Waals surface area contributed by atoms with E-state index in [9.17, 15) is 0 Å². The van der Waals surface area contributed by atoms with Crippen LogP contribution in [0, 0.1) is 5.92 Å². The predicted molar refractivity (Wildman–Crippen MR) is 56.6 cm³/mol. The van der Waals surface area contributed by atoms with E-state index < -0.39 is 0 Å². The molecule has 1 fully saturated rings. The summed E-state index contributed by atoms with van der Waals surface area (Å²) in [5.41, 5.74) is 0.805. The summed E-state index contributed by atoms with van der Waals surface area (Å²) in [6, 6.07) is 0.574. The first-order valence-electron chi connectivity index (χ1n) is 5.29. The molecule has 1 aliphatic rings. The molecule has 0 spiro atoms. The van der Waals surface area contributed by atoms with Gasteiger partial charge in [0.05, 0.1) is 0 Å². The van der Waals surface area contributed by atoms with Crippen LogP contribution in [0.1, 0.15) is 19.8 Å². The van der Waals surface area contributed by atoms with Crippen molar-refractivity contribution in [3.05, 3.63) is 18.7 Å². The van der Waals surface area contributed by atoms with Gasteiger partial charge in [-0.3, -0.25) is 4.40 Å². The Balaban J connectivity index is 1.88. The van der Waals surface area contributed by atoms with E-state index in [-0.39, 0.29) is 0 Å². The smallest absolute Gasteiger partial charge is 0.203 e. The Hall–Kier alpha value is -1.65. The van der Waals surface area contributed by atoms with Crippen molar-refractivity contribution >= 4 is 11.5 Å². The van der Waals surface area contributed by atoms with Crippen molar-refractivity contribution in [2.24, 2.45) is 5.92 Å². The molecule has 0 saturated heterocycles. The summed E-state index contributed by atoms with van der Waals surface area (Å²) >= 11 is 0. The van der Waals surface area contributed by atoms with Gasteiger partial charge in [0.25, 0.3) is 0 Å². The van der Waals surface area contributed by atoms with Crippen LogP contribution >= 0.6 is 0 Å². The van der Waals surface area contributed by atoms with Gasteiger partial charge in [0.2, 0.25) is 5.65 Å². The Bertz CT molecular complexity index is 477. The van der Waals surface area contributed by atoms with Gasteiger partial charge in [-0.15, -0.1) is 10.2 Å². The fourth-order valence-electron chi connectivity index (χ4n) is 1.91. The molecule has 0 aliphatic heterocycles. The highest BCUT2D eigenvalue weighted by Crippen LogP contribution is 2.36. The van der Waals surface area contributed by atoms with E-state index in [1.165, 1.54) is 12.8 Å². The number of hydrogen-bond donors (Lipinski definition) is 1. The molecule has 3 rings (SSSR count). The average molecular weight is 203 g/mol. The van der Waals surface area contributed by atoms with Crippen LogP contribution in [0.25, 0.3) is 5.65 Å². The number of rotatable bonds is 3. The summed E-state index contributed by atoms with van der Waals surface area (Å²) in [4.78, 5) is 4.29. The highest BCUT2D eigenvalue weighted by Gasteiger charge is 2.35. The summed E-state index contributed by atoms with van der Waals surface area (Å²) in [7, 11) is 0. The molecular weight excluding hydrogens is 190 g/mol. The molecule has 0 aromatic carbocycles. The minimum atomic E-state index is 0.574. The third-order valence-corrected chi connectivity index (χ3v) is 2.98. The minimum Gasteiger partial charge on any atom is -0.364 e. The Kier molecular flexibility index (Phi) is 1.83. The van der Waals surface area contributed by atoms with Gasteiger partial charge < -0.3 is 5.32 Å². The summed E-state index contributed by atoms with van der Waals surface area (Å²) in [6.45, 7) is 2.22. The van der Waals surface area contributed by atoms with Crippen molar-refractivity contribution < 1.29 is 0 Å². The van der Waals surface area contributed by atoms with E-state index in [0.29, 0.717) is 6.04 Å². The van der Waals surface area contributed by atoms with Crippen LogP contribution in [-0.2, 0) is 0 Å². The Morgan fingerprint density at radius 3 is 3.33 bits per heavy atom. The molecule has 2 atom stereocenters. The average Bonchev–Trinajstić information content (AvgIpc) is 2.83. The van der Waals surface area contributed by atoms with E-state index in [0.717, 1.165) is 17.4 Å². The fraction of sp³-hybridized carbons (Fsp3) is 0.500. The van der Waals surface area contributed by atoms with Crippen LogP contribution in [0.15, 0.2) is 18.7 Å². The molecule has 2 heterocycles. The highest BCUT2D eigenvalue weighted by atomic mass is 15.2. The quantitative estimate of drug-likeness (QED) is 0.817. The van der Waals surface area contributed by atoms with Crippen molar-refractivity contribution in [2.45, 2.75) is 25.8 Å². The van der Waals surface area contributed by atoms with Crippen LogP contribution in [-0.4, -0.2) is 25.6 Å². The molecule has 0 bridgehead atoms. The van der Waals surface area contributed by atoms with Crippen molar-refractivity contribution in [1.82, 2.24) is 19.6 Å². The van der Waals surface area contributed by atoms with Crippen LogP contribution in [0.3, 0.4) is 0 Å².